The molecule has 0 saturated carbocycles. The van der Waals surface area contributed by atoms with Gasteiger partial charge in [-0.15, -0.1) is 0 Å². The summed E-state index contributed by atoms with van der Waals surface area (Å²) in [6, 6.07) is 4.17. The molecule has 16 heavy (non-hydrogen) atoms. The molecule has 0 amide bonds. The van der Waals surface area contributed by atoms with Gasteiger partial charge in [-0.3, -0.25) is 0 Å². The van der Waals surface area contributed by atoms with Crippen LogP contribution >= 0.6 is 11.6 Å². The highest BCUT2D eigenvalue weighted by Gasteiger charge is 2.13. The number of rotatable bonds is 2. The molecule has 0 aliphatic carbocycles. The lowest BCUT2D eigenvalue weighted by Crippen LogP contribution is -2.00. The molecule has 0 radical (unpaired) electrons. The van der Waals surface area contributed by atoms with Crippen molar-refractivity contribution in [3.63, 3.8) is 0 Å². The van der Waals surface area contributed by atoms with Gasteiger partial charge in [0, 0.05) is 5.02 Å². The van der Waals surface area contributed by atoms with Crippen molar-refractivity contribution in [2.45, 2.75) is 60.3 Å². The molecule has 92 valence electrons. The topological polar surface area (TPSA) is 0 Å². The molecule has 1 heteroatoms. The minimum absolute atomic E-state index is 0.501. The largest absolute Gasteiger partial charge is 0.0840 e. The zero-order valence-corrected chi connectivity index (χ0v) is 12.4. The third kappa shape index (κ3) is 3.52. The van der Waals surface area contributed by atoms with Crippen molar-refractivity contribution in [1.29, 1.82) is 0 Å². The highest BCUT2D eigenvalue weighted by molar-refractivity contribution is 6.31. The summed E-state index contributed by atoms with van der Waals surface area (Å²) in [7, 11) is 0. The van der Waals surface area contributed by atoms with Gasteiger partial charge in [-0.25, -0.2) is 0 Å². The molecular formula is C15H25Cl. The van der Waals surface area contributed by atoms with Gasteiger partial charge in [0.1, 0.15) is 0 Å². The summed E-state index contributed by atoms with van der Waals surface area (Å²) < 4.78 is 0. The van der Waals surface area contributed by atoms with Crippen LogP contribution in [0.3, 0.4) is 0 Å². The normalized spacial score (nSPS) is 10.4. The van der Waals surface area contributed by atoms with Crippen LogP contribution in [0.4, 0.5) is 0 Å². The van der Waals surface area contributed by atoms with Crippen LogP contribution < -0.4 is 0 Å². The van der Waals surface area contributed by atoms with Crippen molar-refractivity contribution in [3.8, 4) is 0 Å². The van der Waals surface area contributed by atoms with E-state index in [1.165, 1.54) is 16.7 Å². The fourth-order valence-corrected chi connectivity index (χ4v) is 2.47. The quantitative estimate of drug-likeness (QED) is 0.602. The minimum atomic E-state index is 0.501. The Hall–Kier alpha value is -0.490. The summed E-state index contributed by atoms with van der Waals surface area (Å²) in [6.07, 6.45) is 0. The molecule has 0 atom stereocenters. The van der Waals surface area contributed by atoms with Crippen LogP contribution in [0.5, 0.6) is 0 Å². The average molecular weight is 241 g/mol. The van der Waals surface area contributed by atoms with Crippen molar-refractivity contribution in [1.82, 2.24) is 0 Å². The van der Waals surface area contributed by atoms with E-state index in [-0.39, 0.29) is 0 Å². The Kier molecular flexibility index (Phi) is 6.74. The highest BCUT2D eigenvalue weighted by Crippen LogP contribution is 2.32. The summed E-state index contributed by atoms with van der Waals surface area (Å²) in [6.45, 7) is 15.0. The van der Waals surface area contributed by atoms with Gasteiger partial charge in [0.05, 0.1) is 0 Å². The maximum absolute atomic E-state index is 6.20. The third-order valence-electron chi connectivity index (χ3n) is 2.70. The average Bonchev–Trinajstić information content (AvgIpc) is 2.19. The second-order valence-electron chi connectivity index (χ2n) is 4.48. The standard InChI is InChI=1S/C13H19Cl.C2H6/c1-8(2)11-6-7-12(14)13(9(3)4)10(11)5;1-2/h6-9H,1-5H3;1-2H3. The summed E-state index contributed by atoms with van der Waals surface area (Å²) >= 11 is 6.20. The van der Waals surface area contributed by atoms with Gasteiger partial charge in [0.25, 0.3) is 0 Å². The van der Waals surface area contributed by atoms with Crippen molar-refractivity contribution in [3.05, 3.63) is 33.8 Å². The zero-order chi connectivity index (χ0) is 12.9. The SMILES string of the molecule is CC.Cc1c(C(C)C)ccc(Cl)c1C(C)C. The second kappa shape index (κ2) is 6.96. The van der Waals surface area contributed by atoms with Crippen molar-refractivity contribution in [2.24, 2.45) is 0 Å². The first kappa shape index (κ1) is 15.5. The molecule has 1 aromatic carbocycles. The molecule has 1 aromatic rings. The predicted molar refractivity (Wildman–Crippen MR) is 75.7 cm³/mol. The molecule has 0 unspecified atom stereocenters. The molecule has 0 spiro atoms. The molecule has 0 aliphatic rings. The molecule has 0 heterocycles. The molecule has 0 bridgehead atoms. The first-order chi connectivity index (χ1) is 7.45. The van der Waals surface area contributed by atoms with E-state index in [0.717, 1.165) is 5.02 Å². The van der Waals surface area contributed by atoms with E-state index >= 15 is 0 Å². The third-order valence-corrected chi connectivity index (χ3v) is 3.03. The summed E-state index contributed by atoms with van der Waals surface area (Å²) in [5.41, 5.74) is 4.08. The van der Waals surface area contributed by atoms with Crippen LogP contribution in [-0.4, -0.2) is 0 Å². The van der Waals surface area contributed by atoms with Gasteiger partial charge >= 0.3 is 0 Å². The van der Waals surface area contributed by atoms with Crippen LogP contribution in [0.2, 0.25) is 5.02 Å². The number of hydrogen-bond acceptors (Lipinski definition) is 0. The Morgan fingerprint density at radius 2 is 1.44 bits per heavy atom. The number of benzene rings is 1. The van der Waals surface area contributed by atoms with Crippen LogP contribution in [0.25, 0.3) is 0 Å². The maximum atomic E-state index is 6.20. The second-order valence-corrected chi connectivity index (χ2v) is 4.89. The van der Waals surface area contributed by atoms with Crippen LogP contribution in [-0.2, 0) is 0 Å². The molecule has 0 saturated heterocycles. The molecule has 0 fully saturated rings. The Morgan fingerprint density at radius 3 is 1.81 bits per heavy atom. The smallest absolute Gasteiger partial charge is 0.0443 e. The molecular weight excluding hydrogens is 216 g/mol. The van der Waals surface area contributed by atoms with E-state index in [1.807, 2.05) is 19.9 Å². The Balaban J connectivity index is 0.00000106. The van der Waals surface area contributed by atoms with Gasteiger partial charge in [-0.05, 0) is 41.5 Å². The Morgan fingerprint density at radius 1 is 0.938 bits per heavy atom. The maximum Gasteiger partial charge on any atom is 0.0443 e. The van der Waals surface area contributed by atoms with Crippen LogP contribution in [0.15, 0.2) is 12.1 Å². The molecule has 1 rings (SSSR count). The Labute approximate surface area is 106 Å². The van der Waals surface area contributed by atoms with E-state index in [1.54, 1.807) is 0 Å². The fraction of sp³-hybridized carbons (Fsp3) is 0.600. The van der Waals surface area contributed by atoms with Crippen molar-refractivity contribution >= 4 is 11.6 Å². The molecule has 0 nitrogen and oxygen atoms in total. The first-order valence-corrected chi connectivity index (χ1v) is 6.61. The zero-order valence-electron chi connectivity index (χ0n) is 11.7. The monoisotopic (exact) mass is 240 g/mol. The van der Waals surface area contributed by atoms with Gasteiger partial charge in [-0.2, -0.15) is 0 Å². The lowest BCUT2D eigenvalue weighted by atomic mass is 9.90. The summed E-state index contributed by atoms with van der Waals surface area (Å²) in [5, 5.41) is 0.905. The lowest BCUT2D eigenvalue weighted by molar-refractivity contribution is 0.817. The number of halogens is 1. The predicted octanol–water partition coefficient (Wildman–Crippen LogP) is 5.92. The molecule has 0 N–H and O–H groups in total. The lowest BCUT2D eigenvalue weighted by Gasteiger charge is -2.18. The van der Waals surface area contributed by atoms with E-state index in [4.69, 9.17) is 11.6 Å². The summed E-state index contributed by atoms with van der Waals surface area (Å²) in [4.78, 5) is 0. The highest BCUT2D eigenvalue weighted by atomic mass is 35.5. The fourth-order valence-electron chi connectivity index (χ4n) is 2.05. The van der Waals surface area contributed by atoms with Gasteiger partial charge in [0.15, 0.2) is 0 Å². The van der Waals surface area contributed by atoms with Gasteiger partial charge in [0.2, 0.25) is 0 Å². The molecule has 0 aliphatic heterocycles. The van der Waals surface area contributed by atoms with Crippen molar-refractivity contribution in [2.75, 3.05) is 0 Å². The van der Waals surface area contributed by atoms with Crippen molar-refractivity contribution < 1.29 is 0 Å². The van der Waals surface area contributed by atoms with E-state index in [9.17, 15) is 0 Å². The van der Waals surface area contributed by atoms with Crippen LogP contribution in [0, 0.1) is 6.92 Å². The first-order valence-electron chi connectivity index (χ1n) is 6.24. The van der Waals surface area contributed by atoms with E-state index < -0.39 is 0 Å². The van der Waals surface area contributed by atoms with E-state index in [0.29, 0.717) is 11.8 Å². The van der Waals surface area contributed by atoms with Gasteiger partial charge < -0.3 is 0 Å². The Bertz CT molecular complexity index is 324. The minimum Gasteiger partial charge on any atom is -0.0840 e. The van der Waals surface area contributed by atoms with Crippen LogP contribution in [0.1, 0.15) is 70.1 Å². The van der Waals surface area contributed by atoms with E-state index in [2.05, 4.69) is 40.7 Å². The molecule has 0 aromatic heterocycles. The van der Waals surface area contributed by atoms with Gasteiger partial charge in [-0.1, -0.05) is 59.2 Å². The summed E-state index contributed by atoms with van der Waals surface area (Å²) in [5.74, 6) is 1.07. The number of hydrogen-bond donors (Lipinski definition) is 0.